The fourth-order valence-electron chi connectivity index (χ4n) is 3.39. The van der Waals surface area contributed by atoms with Gasteiger partial charge in [0.05, 0.1) is 31.1 Å². The van der Waals surface area contributed by atoms with Crippen molar-refractivity contribution in [3.63, 3.8) is 0 Å². The van der Waals surface area contributed by atoms with E-state index in [1.165, 1.54) is 31.5 Å². The highest BCUT2D eigenvalue weighted by Gasteiger charge is 2.21. The number of thiazole rings is 1. The third-order valence-electron chi connectivity index (χ3n) is 5.34. The van der Waals surface area contributed by atoms with Gasteiger partial charge in [-0.05, 0) is 48.6 Å². The maximum absolute atomic E-state index is 13.3. The number of nitriles is 1. The number of nitrogens with zero attached hydrogens (tertiary/aromatic N) is 5. The highest BCUT2D eigenvalue weighted by atomic mass is 32.1. The zero-order chi connectivity index (χ0) is 25.2. The summed E-state index contributed by atoms with van der Waals surface area (Å²) in [5.41, 5.74) is 1.24. The molecule has 4 aromatic rings. The Morgan fingerprint density at radius 3 is 2.75 bits per heavy atom. The quantitative estimate of drug-likeness (QED) is 0.383. The number of halogens is 2. The van der Waals surface area contributed by atoms with Crippen molar-refractivity contribution in [1.82, 2.24) is 19.9 Å². The van der Waals surface area contributed by atoms with Gasteiger partial charge >= 0.3 is 0 Å². The van der Waals surface area contributed by atoms with Crippen LogP contribution in [0, 0.1) is 29.1 Å². The summed E-state index contributed by atoms with van der Waals surface area (Å²) in [5, 5.41) is 12.3. The Bertz CT molecular complexity index is 1600. The molecule has 0 spiro atoms. The molecule has 36 heavy (non-hydrogen) atoms. The highest BCUT2D eigenvalue weighted by Crippen LogP contribution is 2.36. The standard InChI is InChI=1S/C25H16F2N6O2S/c1-35-20-12-29-19(21(26)27)9-18(20)17-8-14(10-28)5-7-16(17)23(34)33-25-32-22-24(36-25)31-15(11-30-22)6-4-13-2-3-13/h5,7-9,11-13,21H,2-3H2,1H3,(H,30,32,33,34). The van der Waals surface area contributed by atoms with E-state index < -0.39 is 18.0 Å². The number of rotatable bonds is 5. The summed E-state index contributed by atoms with van der Waals surface area (Å²) in [5.74, 6) is 6.18. The summed E-state index contributed by atoms with van der Waals surface area (Å²) in [6.45, 7) is 0. The molecule has 0 radical (unpaired) electrons. The van der Waals surface area contributed by atoms with Crippen molar-refractivity contribution >= 4 is 32.9 Å². The molecule has 0 bridgehead atoms. The van der Waals surface area contributed by atoms with Crippen molar-refractivity contribution in [3.05, 3.63) is 59.2 Å². The van der Waals surface area contributed by atoms with Crippen LogP contribution in [-0.4, -0.2) is 33.0 Å². The largest absolute Gasteiger partial charge is 0.494 e. The fourth-order valence-corrected chi connectivity index (χ4v) is 4.18. The fraction of sp³-hybridized carbons (Fsp3) is 0.200. The topological polar surface area (TPSA) is 114 Å². The Hall–Kier alpha value is -4.48. The Morgan fingerprint density at radius 2 is 2.03 bits per heavy atom. The van der Waals surface area contributed by atoms with E-state index in [2.05, 4.69) is 37.1 Å². The van der Waals surface area contributed by atoms with Crippen LogP contribution in [0.1, 0.15) is 46.6 Å². The second-order valence-electron chi connectivity index (χ2n) is 7.88. The van der Waals surface area contributed by atoms with Crippen molar-refractivity contribution in [2.75, 3.05) is 12.4 Å². The van der Waals surface area contributed by atoms with E-state index in [0.29, 0.717) is 22.1 Å². The SMILES string of the molecule is COc1cnc(C(F)F)cc1-c1cc(C#N)ccc1C(=O)Nc1nc2ncc(C#CC3CC3)nc2s1. The summed E-state index contributed by atoms with van der Waals surface area (Å²) < 4.78 is 32.0. The number of fused-ring (bicyclic) bond motifs is 1. The molecule has 0 atom stereocenters. The number of nitrogens with one attached hydrogen (secondary N) is 1. The van der Waals surface area contributed by atoms with Gasteiger partial charge in [-0.2, -0.15) is 10.2 Å². The molecule has 3 heterocycles. The summed E-state index contributed by atoms with van der Waals surface area (Å²) in [6, 6.07) is 7.49. The molecule has 8 nitrogen and oxygen atoms in total. The molecule has 1 aliphatic carbocycles. The number of methoxy groups -OCH3 is 1. The number of ether oxygens (including phenoxy) is 1. The molecule has 1 fully saturated rings. The molecule has 5 rings (SSSR count). The minimum Gasteiger partial charge on any atom is -0.494 e. The number of hydrogen-bond acceptors (Lipinski definition) is 8. The lowest BCUT2D eigenvalue weighted by Crippen LogP contribution is -2.13. The Morgan fingerprint density at radius 1 is 1.19 bits per heavy atom. The number of carbonyl (C=O) groups excluding carboxylic acids is 1. The number of carbonyl (C=O) groups is 1. The lowest BCUT2D eigenvalue weighted by molar-refractivity contribution is 0.102. The first kappa shape index (κ1) is 23.3. The van der Waals surface area contributed by atoms with Crippen LogP contribution in [0.5, 0.6) is 5.75 Å². The maximum Gasteiger partial charge on any atom is 0.280 e. The average molecular weight is 503 g/mol. The van der Waals surface area contributed by atoms with Crippen LogP contribution in [-0.2, 0) is 0 Å². The third-order valence-corrected chi connectivity index (χ3v) is 6.19. The average Bonchev–Trinajstić information content (AvgIpc) is 3.64. The molecule has 1 aromatic carbocycles. The minimum absolute atomic E-state index is 0.134. The molecular weight excluding hydrogens is 486 g/mol. The number of hydrogen-bond donors (Lipinski definition) is 1. The first-order valence-corrected chi connectivity index (χ1v) is 11.6. The first-order valence-electron chi connectivity index (χ1n) is 10.8. The second-order valence-corrected chi connectivity index (χ2v) is 8.86. The molecule has 3 aromatic heterocycles. The molecule has 1 aliphatic rings. The van der Waals surface area contributed by atoms with Crippen LogP contribution in [0.25, 0.3) is 21.6 Å². The van der Waals surface area contributed by atoms with Crippen LogP contribution >= 0.6 is 11.3 Å². The van der Waals surface area contributed by atoms with Gasteiger partial charge in [0.15, 0.2) is 15.6 Å². The lowest BCUT2D eigenvalue weighted by atomic mass is 9.96. The molecule has 0 saturated heterocycles. The number of pyridine rings is 1. The van der Waals surface area contributed by atoms with Gasteiger partial charge in [-0.25, -0.2) is 18.7 Å². The smallest absolute Gasteiger partial charge is 0.280 e. The molecule has 11 heteroatoms. The van der Waals surface area contributed by atoms with Gasteiger partial charge in [-0.1, -0.05) is 17.3 Å². The normalized spacial score (nSPS) is 12.6. The van der Waals surface area contributed by atoms with Crippen LogP contribution in [0.15, 0.2) is 36.7 Å². The van der Waals surface area contributed by atoms with E-state index in [4.69, 9.17) is 4.74 Å². The van der Waals surface area contributed by atoms with Crippen molar-refractivity contribution < 1.29 is 18.3 Å². The summed E-state index contributed by atoms with van der Waals surface area (Å²) in [7, 11) is 1.36. The summed E-state index contributed by atoms with van der Waals surface area (Å²) in [6.07, 6.45) is 2.08. The predicted molar refractivity (Wildman–Crippen MR) is 129 cm³/mol. The highest BCUT2D eigenvalue weighted by molar-refractivity contribution is 7.21. The van der Waals surface area contributed by atoms with Crippen molar-refractivity contribution in [1.29, 1.82) is 5.26 Å². The van der Waals surface area contributed by atoms with Crippen molar-refractivity contribution in [3.8, 4) is 34.8 Å². The number of benzene rings is 1. The van der Waals surface area contributed by atoms with E-state index in [-0.39, 0.29) is 33.1 Å². The van der Waals surface area contributed by atoms with E-state index in [1.807, 2.05) is 6.07 Å². The summed E-state index contributed by atoms with van der Waals surface area (Å²) >= 11 is 1.14. The van der Waals surface area contributed by atoms with Crippen LogP contribution < -0.4 is 10.1 Å². The van der Waals surface area contributed by atoms with Crippen molar-refractivity contribution in [2.45, 2.75) is 19.3 Å². The van der Waals surface area contributed by atoms with E-state index in [0.717, 1.165) is 36.4 Å². The minimum atomic E-state index is -2.83. The molecule has 1 saturated carbocycles. The van der Waals surface area contributed by atoms with Crippen LogP contribution in [0.4, 0.5) is 13.9 Å². The molecular formula is C25H16F2N6O2S. The van der Waals surface area contributed by atoms with Gasteiger partial charge in [-0.3, -0.25) is 15.1 Å². The maximum atomic E-state index is 13.3. The van der Waals surface area contributed by atoms with E-state index in [9.17, 15) is 18.8 Å². The van der Waals surface area contributed by atoms with Gasteiger partial charge in [-0.15, -0.1) is 0 Å². The van der Waals surface area contributed by atoms with Gasteiger partial charge in [0.2, 0.25) is 0 Å². The Kier molecular flexibility index (Phi) is 6.23. The molecule has 0 unspecified atom stereocenters. The van der Waals surface area contributed by atoms with Gasteiger partial charge in [0.1, 0.15) is 17.1 Å². The second kappa shape index (κ2) is 9.64. The number of anilines is 1. The summed E-state index contributed by atoms with van der Waals surface area (Å²) in [4.78, 5) is 30.5. The van der Waals surface area contributed by atoms with E-state index in [1.54, 1.807) is 0 Å². The predicted octanol–water partition coefficient (Wildman–Crippen LogP) is 4.98. The first-order chi connectivity index (χ1) is 17.4. The van der Waals surface area contributed by atoms with Gasteiger partial charge in [0.25, 0.3) is 12.3 Å². The monoisotopic (exact) mass is 502 g/mol. The van der Waals surface area contributed by atoms with Gasteiger partial charge in [0, 0.05) is 17.0 Å². The lowest BCUT2D eigenvalue weighted by Gasteiger charge is -2.14. The number of aromatic nitrogens is 4. The van der Waals surface area contributed by atoms with Gasteiger partial charge < -0.3 is 4.74 Å². The zero-order valence-electron chi connectivity index (χ0n) is 18.7. The number of alkyl halides is 2. The molecule has 1 N–H and O–H groups in total. The molecule has 178 valence electrons. The molecule has 0 aliphatic heterocycles. The Labute approximate surface area is 208 Å². The number of amides is 1. The van der Waals surface area contributed by atoms with E-state index >= 15 is 0 Å². The molecule has 1 amide bonds. The van der Waals surface area contributed by atoms with Crippen LogP contribution in [0.2, 0.25) is 0 Å². The Balaban J connectivity index is 1.50. The van der Waals surface area contributed by atoms with Crippen molar-refractivity contribution in [2.24, 2.45) is 5.92 Å². The third kappa shape index (κ3) is 4.83. The van der Waals surface area contributed by atoms with Crippen LogP contribution in [0.3, 0.4) is 0 Å². The zero-order valence-corrected chi connectivity index (χ0v) is 19.6.